The molecule has 0 bridgehead atoms. The minimum Gasteiger partial charge on any atom is -0.388 e. The van der Waals surface area contributed by atoms with E-state index in [0.29, 0.717) is 18.3 Å². The zero-order valence-electron chi connectivity index (χ0n) is 11.5. The van der Waals surface area contributed by atoms with Crippen LogP contribution in [0.25, 0.3) is 0 Å². The van der Waals surface area contributed by atoms with E-state index in [1.54, 1.807) is 10.9 Å². The molecule has 0 aromatic carbocycles. The Labute approximate surface area is 117 Å². The van der Waals surface area contributed by atoms with Crippen LogP contribution >= 0.6 is 0 Å². The summed E-state index contributed by atoms with van der Waals surface area (Å²) < 4.78 is 1.79. The molecule has 2 aliphatic rings. The monoisotopic (exact) mass is 279 g/mol. The van der Waals surface area contributed by atoms with E-state index in [9.17, 15) is 9.90 Å². The van der Waals surface area contributed by atoms with Gasteiger partial charge < -0.3 is 15.7 Å². The van der Waals surface area contributed by atoms with E-state index in [2.05, 4.69) is 20.9 Å². The highest BCUT2D eigenvalue weighted by atomic mass is 16.3. The smallest absolute Gasteiger partial charge is 0.273 e. The van der Waals surface area contributed by atoms with Crippen LogP contribution in [0.4, 0.5) is 0 Å². The number of nitrogens with one attached hydrogen (secondary N) is 2. The summed E-state index contributed by atoms with van der Waals surface area (Å²) in [5.74, 6) is -0.259. The van der Waals surface area contributed by atoms with Gasteiger partial charge in [-0.15, -0.1) is 5.10 Å². The van der Waals surface area contributed by atoms with E-state index in [4.69, 9.17) is 0 Å². The van der Waals surface area contributed by atoms with Crippen molar-refractivity contribution in [2.45, 2.75) is 43.7 Å². The first-order valence-electron chi connectivity index (χ1n) is 7.29. The fraction of sp³-hybridized carbons (Fsp3) is 0.769. The van der Waals surface area contributed by atoms with Crippen molar-refractivity contribution in [3.05, 3.63) is 11.9 Å². The topological polar surface area (TPSA) is 92.1 Å². The van der Waals surface area contributed by atoms with Crippen LogP contribution in [0.5, 0.6) is 0 Å². The van der Waals surface area contributed by atoms with Crippen molar-refractivity contribution >= 4 is 5.91 Å². The average molecular weight is 279 g/mol. The lowest BCUT2D eigenvalue weighted by atomic mass is 9.80. The molecule has 3 rings (SSSR count). The molecule has 1 saturated carbocycles. The lowest BCUT2D eigenvalue weighted by Crippen LogP contribution is -2.47. The van der Waals surface area contributed by atoms with Gasteiger partial charge in [-0.1, -0.05) is 5.21 Å². The van der Waals surface area contributed by atoms with E-state index in [1.165, 1.54) is 0 Å². The molecule has 1 saturated heterocycles. The molecule has 1 aromatic heterocycles. The molecular formula is C13H21N5O2. The Morgan fingerprint density at radius 2 is 2.25 bits per heavy atom. The largest absolute Gasteiger partial charge is 0.388 e. The maximum atomic E-state index is 12.0. The Morgan fingerprint density at radius 3 is 2.90 bits per heavy atom. The number of hydrogen-bond acceptors (Lipinski definition) is 5. The molecule has 1 aliphatic heterocycles. The molecule has 1 aliphatic carbocycles. The third-order valence-corrected chi connectivity index (χ3v) is 4.29. The average Bonchev–Trinajstić information content (AvgIpc) is 2.93. The second-order valence-electron chi connectivity index (χ2n) is 5.83. The van der Waals surface area contributed by atoms with Crippen LogP contribution in [-0.4, -0.2) is 51.2 Å². The number of aliphatic hydroxyl groups is 1. The van der Waals surface area contributed by atoms with Gasteiger partial charge in [0.1, 0.15) is 0 Å². The Balaban J connectivity index is 1.56. The molecule has 1 amide bonds. The summed E-state index contributed by atoms with van der Waals surface area (Å²) in [6.07, 6.45) is 6.26. The first kappa shape index (κ1) is 13.5. The van der Waals surface area contributed by atoms with E-state index < -0.39 is 5.60 Å². The van der Waals surface area contributed by atoms with Crippen LogP contribution in [0.15, 0.2) is 6.20 Å². The minimum atomic E-state index is -0.708. The number of hydrogen-bond donors (Lipinski definition) is 3. The van der Waals surface area contributed by atoms with E-state index in [0.717, 1.165) is 45.2 Å². The van der Waals surface area contributed by atoms with E-state index in [1.807, 2.05) is 0 Å². The van der Waals surface area contributed by atoms with Crippen LogP contribution < -0.4 is 10.6 Å². The maximum absolute atomic E-state index is 12.0. The second-order valence-corrected chi connectivity index (χ2v) is 5.83. The summed E-state index contributed by atoms with van der Waals surface area (Å²) in [7, 11) is 0. The molecule has 7 heteroatoms. The molecule has 7 nitrogen and oxygen atoms in total. The Bertz CT molecular complexity index is 477. The molecule has 0 spiro atoms. The summed E-state index contributed by atoms with van der Waals surface area (Å²) in [6, 6.07) is 0.320. The van der Waals surface area contributed by atoms with Gasteiger partial charge in [-0.3, -0.25) is 4.79 Å². The fourth-order valence-corrected chi connectivity index (χ4v) is 2.73. The third-order valence-electron chi connectivity index (χ3n) is 4.29. The molecule has 0 atom stereocenters. The van der Waals surface area contributed by atoms with E-state index in [-0.39, 0.29) is 5.91 Å². The van der Waals surface area contributed by atoms with Crippen molar-refractivity contribution < 1.29 is 9.90 Å². The van der Waals surface area contributed by atoms with Gasteiger partial charge in [0.05, 0.1) is 17.8 Å². The van der Waals surface area contributed by atoms with E-state index >= 15 is 0 Å². The first-order chi connectivity index (χ1) is 9.66. The highest BCUT2D eigenvalue weighted by Crippen LogP contribution is 2.30. The van der Waals surface area contributed by atoms with Crippen molar-refractivity contribution in [3.63, 3.8) is 0 Å². The van der Waals surface area contributed by atoms with Crippen LogP contribution in [0.3, 0.4) is 0 Å². The van der Waals surface area contributed by atoms with Crippen molar-refractivity contribution in [3.8, 4) is 0 Å². The number of nitrogens with zero attached hydrogens (tertiary/aromatic N) is 3. The minimum absolute atomic E-state index is 0.259. The van der Waals surface area contributed by atoms with Crippen LogP contribution in [0.2, 0.25) is 0 Å². The molecule has 2 fully saturated rings. The highest BCUT2D eigenvalue weighted by molar-refractivity contribution is 5.91. The van der Waals surface area contributed by atoms with Gasteiger partial charge in [0.15, 0.2) is 5.69 Å². The standard InChI is InChI=1S/C13H21N5O2/c19-12(15-9-13(20)4-1-5-13)11-8-18(17-16-11)10-2-6-14-7-3-10/h8,10,14,20H,1-7,9H2,(H,15,19). The number of rotatable bonds is 4. The predicted octanol–water partition coefficient (Wildman–Crippen LogP) is -0.153. The van der Waals surface area contributed by atoms with Gasteiger partial charge in [-0.2, -0.15) is 0 Å². The molecule has 110 valence electrons. The van der Waals surface area contributed by atoms with Crippen molar-refractivity contribution in [2.75, 3.05) is 19.6 Å². The number of carbonyl (C=O) groups is 1. The molecule has 0 radical (unpaired) electrons. The highest BCUT2D eigenvalue weighted by Gasteiger charge is 2.34. The van der Waals surface area contributed by atoms with Crippen molar-refractivity contribution in [1.82, 2.24) is 25.6 Å². The summed E-state index contributed by atoms with van der Waals surface area (Å²) in [5.41, 5.74) is -0.382. The Morgan fingerprint density at radius 1 is 1.50 bits per heavy atom. The first-order valence-corrected chi connectivity index (χ1v) is 7.29. The maximum Gasteiger partial charge on any atom is 0.273 e. The van der Waals surface area contributed by atoms with Gasteiger partial charge in [0.25, 0.3) is 5.91 Å². The molecule has 2 heterocycles. The SMILES string of the molecule is O=C(NCC1(O)CCC1)c1cn(C2CCNCC2)nn1. The van der Waals surface area contributed by atoms with Crippen molar-refractivity contribution in [2.24, 2.45) is 0 Å². The van der Waals surface area contributed by atoms with Gasteiger partial charge in [0, 0.05) is 6.54 Å². The number of aromatic nitrogens is 3. The molecule has 3 N–H and O–H groups in total. The molecule has 0 unspecified atom stereocenters. The normalized spacial score (nSPS) is 22.2. The van der Waals surface area contributed by atoms with Crippen LogP contribution in [0, 0.1) is 0 Å². The summed E-state index contributed by atoms with van der Waals surface area (Å²) in [4.78, 5) is 12.0. The van der Waals surface area contributed by atoms with Gasteiger partial charge >= 0.3 is 0 Å². The van der Waals surface area contributed by atoms with Gasteiger partial charge in [-0.25, -0.2) is 4.68 Å². The lowest BCUT2D eigenvalue weighted by Gasteiger charge is -2.36. The number of piperidine rings is 1. The van der Waals surface area contributed by atoms with Gasteiger partial charge in [-0.05, 0) is 45.2 Å². The molecule has 20 heavy (non-hydrogen) atoms. The zero-order valence-corrected chi connectivity index (χ0v) is 11.5. The number of amides is 1. The van der Waals surface area contributed by atoms with Gasteiger partial charge in [0.2, 0.25) is 0 Å². The second kappa shape index (κ2) is 5.49. The predicted molar refractivity (Wildman–Crippen MR) is 72.3 cm³/mol. The summed E-state index contributed by atoms with van der Waals surface area (Å²) in [6.45, 7) is 2.24. The Kier molecular flexibility index (Phi) is 3.71. The fourth-order valence-electron chi connectivity index (χ4n) is 2.73. The van der Waals surface area contributed by atoms with Crippen LogP contribution in [0.1, 0.15) is 48.6 Å². The summed E-state index contributed by atoms with van der Waals surface area (Å²) >= 11 is 0. The quantitative estimate of drug-likeness (QED) is 0.713. The summed E-state index contributed by atoms with van der Waals surface area (Å²) in [5, 5.41) is 24.0. The van der Waals surface area contributed by atoms with Crippen molar-refractivity contribution in [1.29, 1.82) is 0 Å². The Hall–Kier alpha value is -1.47. The molecular weight excluding hydrogens is 258 g/mol. The van der Waals surface area contributed by atoms with Crippen LogP contribution in [-0.2, 0) is 0 Å². The molecule has 1 aromatic rings. The zero-order chi connectivity index (χ0) is 14.0. The number of carbonyl (C=O) groups excluding carboxylic acids is 1. The lowest BCUT2D eigenvalue weighted by molar-refractivity contribution is -0.0300. The third kappa shape index (κ3) is 2.83.